The Balaban J connectivity index is 1.53. The van der Waals surface area contributed by atoms with Crippen molar-refractivity contribution >= 4 is 27.3 Å². The molecule has 1 heterocycles. The SMILES string of the molecule is CN1CCN(C(=O)c2ccc(S(=O)(=O)Nc3ccccc3F)cc2)Cc2ccccc21. The Morgan fingerprint density at radius 3 is 2.35 bits per heavy atom. The van der Waals surface area contributed by atoms with Crippen molar-refractivity contribution in [3.05, 3.63) is 89.7 Å². The number of nitrogens with zero attached hydrogens (tertiary/aromatic N) is 2. The standard InChI is InChI=1S/C23H22FN3O3S/c1-26-14-15-27(16-18-6-2-5-9-22(18)26)23(28)17-10-12-19(13-11-17)31(29,30)25-21-8-4-3-7-20(21)24/h2-13,25H,14-16H2,1H3. The van der Waals surface area contributed by atoms with E-state index in [1.54, 1.807) is 11.0 Å². The molecule has 1 amide bonds. The van der Waals surface area contributed by atoms with Crippen LogP contribution in [-0.2, 0) is 16.6 Å². The lowest BCUT2D eigenvalue weighted by molar-refractivity contribution is 0.0751. The molecule has 6 nitrogen and oxygen atoms in total. The Labute approximate surface area is 181 Å². The summed E-state index contributed by atoms with van der Waals surface area (Å²) in [6.07, 6.45) is 0. The van der Waals surface area contributed by atoms with Crippen molar-refractivity contribution in [2.75, 3.05) is 29.8 Å². The Bertz CT molecular complexity index is 1210. The predicted molar refractivity (Wildman–Crippen MR) is 118 cm³/mol. The number of carbonyl (C=O) groups excluding carboxylic acids is 1. The maximum absolute atomic E-state index is 13.8. The number of fused-ring (bicyclic) bond motifs is 1. The highest BCUT2D eigenvalue weighted by Crippen LogP contribution is 2.25. The van der Waals surface area contributed by atoms with E-state index in [0.717, 1.165) is 11.3 Å². The first-order chi connectivity index (χ1) is 14.8. The molecular weight excluding hydrogens is 417 g/mol. The van der Waals surface area contributed by atoms with E-state index in [-0.39, 0.29) is 16.5 Å². The number of anilines is 2. The summed E-state index contributed by atoms with van der Waals surface area (Å²) in [5.74, 6) is -0.833. The van der Waals surface area contributed by atoms with Gasteiger partial charge in [0.25, 0.3) is 15.9 Å². The Morgan fingerprint density at radius 2 is 1.61 bits per heavy atom. The van der Waals surface area contributed by atoms with E-state index in [0.29, 0.717) is 25.2 Å². The number of halogens is 1. The van der Waals surface area contributed by atoms with Gasteiger partial charge in [0.05, 0.1) is 10.6 Å². The monoisotopic (exact) mass is 439 g/mol. The number of rotatable bonds is 4. The molecule has 1 aliphatic heterocycles. The van der Waals surface area contributed by atoms with Crippen LogP contribution in [0.5, 0.6) is 0 Å². The summed E-state index contributed by atoms with van der Waals surface area (Å²) in [6.45, 7) is 1.73. The lowest BCUT2D eigenvalue weighted by Crippen LogP contribution is -2.34. The van der Waals surface area contributed by atoms with Gasteiger partial charge in [-0.05, 0) is 48.0 Å². The number of carbonyl (C=O) groups is 1. The van der Waals surface area contributed by atoms with Crippen molar-refractivity contribution in [1.29, 1.82) is 0 Å². The van der Waals surface area contributed by atoms with Crippen LogP contribution in [-0.4, -0.2) is 39.4 Å². The van der Waals surface area contributed by atoms with Gasteiger partial charge in [0, 0.05) is 37.9 Å². The van der Waals surface area contributed by atoms with E-state index in [4.69, 9.17) is 0 Å². The highest BCUT2D eigenvalue weighted by Gasteiger charge is 2.23. The number of hydrogen-bond acceptors (Lipinski definition) is 4. The van der Waals surface area contributed by atoms with E-state index >= 15 is 0 Å². The third-order valence-electron chi connectivity index (χ3n) is 5.29. The highest BCUT2D eigenvalue weighted by atomic mass is 32.2. The number of hydrogen-bond donors (Lipinski definition) is 1. The molecule has 0 fully saturated rings. The molecule has 1 N–H and O–H groups in total. The summed E-state index contributed by atoms with van der Waals surface area (Å²) in [5.41, 5.74) is 2.42. The maximum atomic E-state index is 13.8. The van der Waals surface area contributed by atoms with Crippen LogP contribution < -0.4 is 9.62 Å². The second-order valence-corrected chi connectivity index (χ2v) is 9.07. The van der Waals surface area contributed by atoms with Crippen molar-refractivity contribution in [2.24, 2.45) is 0 Å². The van der Waals surface area contributed by atoms with Gasteiger partial charge in [-0.3, -0.25) is 9.52 Å². The summed E-state index contributed by atoms with van der Waals surface area (Å²) in [7, 11) is -1.98. The van der Waals surface area contributed by atoms with Crippen LogP contribution in [0.4, 0.5) is 15.8 Å². The number of para-hydroxylation sites is 2. The summed E-state index contributed by atoms with van der Waals surface area (Å²) in [5, 5.41) is 0. The zero-order valence-corrected chi connectivity index (χ0v) is 17.8. The van der Waals surface area contributed by atoms with Gasteiger partial charge < -0.3 is 9.80 Å². The topological polar surface area (TPSA) is 69.7 Å². The molecular formula is C23H22FN3O3S. The van der Waals surface area contributed by atoms with Gasteiger partial charge >= 0.3 is 0 Å². The largest absolute Gasteiger partial charge is 0.373 e. The number of benzene rings is 3. The molecule has 31 heavy (non-hydrogen) atoms. The summed E-state index contributed by atoms with van der Waals surface area (Å²) in [6, 6.07) is 19.2. The lowest BCUT2D eigenvalue weighted by Gasteiger charge is -2.21. The highest BCUT2D eigenvalue weighted by molar-refractivity contribution is 7.92. The number of likely N-dealkylation sites (N-methyl/N-ethyl adjacent to an activating group) is 1. The van der Waals surface area contributed by atoms with Crippen LogP contribution in [0.15, 0.2) is 77.7 Å². The first kappa shape index (κ1) is 20.9. The second kappa shape index (κ2) is 8.39. The molecule has 0 bridgehead atoms. The summed E-state index contributed by atoms with van der Waals surface area (Å²) < 4.78 is 41.2. The van der Waals surface area contributed by atoms with Crippen molar-refractivity contribution in [1.82, 2.24) is 4.90 Å². The maximum Gasteiger partial charge on any atom is 0.261 e. The first-order valence-electron chi connectivity index (χ1n) is 9.81. The Morgan fingerprint density at radius 1 is 0.935 bits per heavy atom. The molecule has 0 spiro atoms. The number of sulfonamides is 1. The zero-order valence-electron chi connectivity index (χ0n) is 17.0. The van der Waals surface area contributed by atoms with Gasteiger partial charge in [-0.15, -0.1) is 0 Å². The van der Waals surface area contributed by atoms with Crippen LogP contribution in [0.25, 0.3) is 0 Å². The van der Waals surface area contributed by atoms with Gasteiger partial charge in [0.2, 0.25) is 0 Å². The molecule has 160 valence electrons. The molecule has 0 aliphatic carbocycles. The summed E-state index contributed by atoms with van der Waals surface area (Å²) in [4.78, 5) is 16.9. The first-order valence-corrected chi connectivity index (χ1v) is 11.3. The minimum atomic E-state index is -3.98. The second-order valence-electron chi connectivity index (χ2n) is 7.39. The van der Waals surface area contributed by atoms with E-state index in [1.807, 2.05) is 31.3 Å². The van der Waals surface area contributed by atoms with E-state index < -0.39 is 15.8 Å². The fourth-order valence-electron chi connectivity index (χ4n) is 3.57. The van der Waals surface area contributed by atoms with Gasteiger partial charge in [0.1, 0.15) is 5.82 Å². The van der Waals surface area contributed by atoms with Crippen molar-refractivity contribution in [3.8, 4) is 0 Å². The average molecular weight is 440 g/mol. The minimum absolute atomic E-state index is 0.0479. The Kier molecular flexibility index (Phi) is 5.65. The number of nitrogens with one attached hydrogen (secondary N) is 1. The fourth-order valence-corrected chi connectivity index (χ4v) is 4.64. The van der Waals surface area contributed by atoms with E-state index in [9.17, 15) is 17.6 Å². The molecule has 0 unspecified atom stereocenters. The Hall–Kier alpha value is -3.39. The van der Waals surface area contributed by atoms with Gasteiger partial charge in [0.15, 0.2) is 0 Å². The third kappa shape index (κ3) is 4.39. The molecule has 1 aliphatic rings. The molecule has 0 radical (unpaired) electrons. The molecule has 0 saturated heterocycles. The molecule has 0 saturated carbocycles. The van der Waals surface area contributed by atoms with Crippen LogP contribution in [0, 0.1) is 5.82 Å². The van der Waals surface area contributed by atoms with Crippen LogP contribution in [0.3, 0.4) is 0 Å². The van der Waals surface area contributed by atoms with Gasteiger partial charge in [-0.25, -0.2) is 12.8 Å². The average Bonchev–Trinajstić information content (AvgIpc) is 2.94. The van der Waals surface area contributed by atoms with Crippen molar-refractivity contribution < 1.29 is 17.6 Å². The van der Waals surface area contributed by atoms with Crippen LogP contribution in [0.2, 0.25) is 0 Å². The van der Waals surface area contributed by atoms with E-state index in [2.05, 4.69) is 9.62 Å². The normalized spacial score (nSPS) is 14.0. The van der Waals surface area contributed by atoms with Gasteiger partial charge in [-0.1, -0.05) is 30.3 Å². The van der Waals surface area contributed by atoms with Crippen molar-refractivity contribution in [3.63, 3.8) is 0 Å². The molecule has 3 aromatic rings. The molecule has 4 rings (SSSR count). The predicted octanol–water partition coefficient (Wildman–Crippen LogP) is 3.72. The quantitative estimate of drug-likeness (QED) is 0.673. The minimum Gasteiger partial charge on any atom is -0.373 e. The molecule has 0 atom stereocenters. The smallest absolute Gasteiger partial charge is 0.261 e. The lowest BCUT2D eigenvalue weighted by atomic mass is 10.1. The molecule has 0 aromatic heterocycles. The van der Waals surface area contributed by atoms with Crippen LogP contribution >= 0.6 is 0 Å². The van der Waals surface area contributed by atoms with Crippen LogP contribution in [0.1, 0.15) is 15.9 Å². The van der Waals surface area contributed by atoms with Crippen molar-refractivity contribution in [2.45, 2.75) is 11.4 Å². The zero-order chi connectivity index (χ0) is 22.0. The molecule has 3 aromatic carbocycles. The number of amides is 1. The van der Waals surface area contributed by atoms with Gasteiger partial charge in [-0.2, -0.15) is 0 Å². The van der Waals surface area contributed by atoms with E-state index in [1.165, 1.54) is 42.5 Å². The third-order valence-corrected chi connectivity index (χ3v) is 6.67. The molecule has 8 heteroatoms. The summed E-state index contributed by atoms with van der Waals surface area (Å²) >= 11 is 0. The fraction of sp³-hybridized carbons (Fsp3) is 0.174.